The van der Waals surface area contributed by atoms with Crippen LogP contribution in [0.4, 0.5) is 0 Å². The van der Waals surface area contributed by atoms with Crippen LogP contribution in [0.5, 0.6) is 0 Å². The molecule has 0 spiro atoms. The number of carbonyl (C=O) groups excluding carboxylic acids is 1. The SMILES string of the molecule is CCn1nccc1-c1cc(C2CCN(C(C)=O)CC2)nc(C)n1. The lowest BCUT2D eigenvalue weighted by Gasteiger charge is -2.31. The number of aromatic nitrogens is 4. The number of hydrogen-bond donors (Lipinski definition) is 0. The standard InChI is InChI=1S/C17H23N5O/c1-4-22-17(5-8-18-22)16-11-15(19-12(2)20-16)14-6-9-21(10-7-14)13(3)23/h5,8,11,14H,4,6-7,9-10H2,1-3H3. The summed E-state index contributed by atoms with van der Waals surface area (Å²) in [6.07, 6.45) is 3.73. The zero-order chi connectivity index (χ0) is 16.4. The lowest BCUT2D eigenvalue weighted by Crippen LogP contribution is -2.36. The molecule has 0 bridgehead atoms. The number of piperidine rings is 1. The molecule has 0 atom stereocenters. The van der Waals surface area contributed by atoms with Crippen LogP contribution in [0, 0.1) is 6.92 Å². The summed E-state index contributed by atoms with van der Waals surface area (Å²) in [6, 6.07) is 4.08. The Morgan fingerprint density at radius 1 is 1.30 bits per heavy atom. The Morgan fingerprint density at radius 3 is 2.70 bits per heavy atom. The molecule has 0 radical (unpaired) electrons. The van der Waals surface area contributed by atoms with Crippen LogP contribution in [0.25, 0.3) is 11.4 Å². The highest BCUT2D eigenvalue weighted by atomic mass is 16.2. The Labute approximate surface area is 136 Å². The molecule has 1 aliphatic heterocycles. The number of hydrogen-bond acceptors (Lipinski definition) is 4. The first-order valence-electron chi connectivity index (χ1n) is 8.21. The number of aryl methyl sites for hydroxylation is 2. The summed E-state index contributed by atoms with van der Waals surface area (Å²) in [5.41, 5.74) is 3.04. The molecule has 0 N–H and O–H groups in total. The van der Waals surface area contributed by atoms with E-state index in [0.717, 1.165) is 55.4 Å². The average molecular weight is 313 g/mol. The summed E-state index contributed by atoms with van der Waals surface area (Å²) in [6.45, 7) is 8.08. The van der Waals surface area contributed by atoms with Crippen LogP contribution >= 0.6 is 0 Å². The van der Waals surface area contributed by atoms with Crippen molar-refractivity contribution in [2.24, 2.45) is 0 Å². The van der Waals surface area contributed by atoms with E-state index in [1.165, 1.54) is 0 Å². The van der Waals surface area contributed by atoms with Gasteiger partial charge < -0.3 is 4.90 Å². The van der Waals surface area contributed by atoms with Gasteiger partial charge in [0.1, 0.15) is 5.82 Å². The van der Waals surface area contributed by atoms with E-state index in [0.29, 0.717) is 5.92 Å². The quantitative estimate of drug-likeness (QED) is 0.873. The van der Waals surface area contributed by atoms with Crippen LogP contribution in [0.15, 0.2) is 18.3 Å². The number of carbonyl (C=O) groups is 1. The topological polar surface area (TPSA) is 63.9 Å². The van der Waals surface area contributed by atoms with Gasteiger partial charge in [0.05, 0.1) is 11.4 Å². The van der Waals surface area contributed by atoms with Gasteiger partial charge in [0.2, 0.25) is 5.91 Å². The van der Waals surface area contributed by atoms with E-state index in [4.69, 9.17) is 0 Å². The van der Waals surface area contributed by atoms with Gasteiger partial charge in [-0.3, -0.25) is 9.48 Å². The molecule has 3 rings (SSSR count). The largest absolute Gasteiger partial charge is 0.343 e. The molecule has 1 amide bonds. The molecule has 6 heteroatoms. The molecule has 3 heterocycles. The molecule has 23 heavy (non-hydrogen) atoms. The van der Waals surface area contributed by atoms with E-state index in [1.54, 1.807) is 13.1 Å². The minimum absolute atomic E-state index is 0.162. The molecule has 1 aliphatic rings. The van der Waals surface area contributed by atoms with Crippen molar-refractivity contribution in [1.29, 1.82) is 0 Å². The summed E-state index contributed by atoms with van der Waals surface area (Å²) in [5.74, 6) is 1.34. The molecular formula is C17H23N5O. The van der Waals surface area contributed by atoms with Gasteiger partial charge in [-0.1, -0.05) is 0 Å². The van der Waals surface area contributed by atoms with Gasteiger partial charge in [-0.15, -0.1) is 0 Å². The third kappa shape index (κ3) is 3.25. The van der Waals surface area contributed by atoms with Crippen LogP contribution < -0.4 is 0 Å². The third-order valence-electron chi connectivity index (χ3n) is 4.49. The fourth-order valence-electron chi connectivity index (χ4n) is 3.22. The monoisotopic (exact) mass is 313 g/mol. The summed E-state index contributed by atoms with van der Waals surface area (Å²) in [4.78, 5) is 22.6. The maximum absolute atomic E-state index is 11.5. The normalized spacial score (nSPS) is 15.9. The molecule has 0 aromatic carbocycles. The van der Waals surface area contributed by atoms with Crippen molar-refractivity contribution in [3.8, 4) is 11.4 Å². The van der Waals surface area contributed by atoms with Gasteiger partial charge in [0.15, 0.2) is 0 Å². The van der Waals surface area contributed by atoms with Crippen LogP contribution in [0.3, 0.4) is 0 Å². The van der Waals surface area contributed by atoms with E-state index in [1.807, 2.05) is 22.6 Å². The Kier molecular flexibility index (Phi) is 4.41. The Hall–Kier alpha value is -2.24. The fourth-order valence-corrected chi connectivity index (χ4v) is 3.22. The van der Waals surface area contributed by atoms with Crippen LogP contribution in [-0.4, -0.2) is 43.6 Å². The maximum atomic E-state index is 11.5. The number of rotatable bonds is 3. The molecule has 0 saturated carbocycles. The van der Waals surface area contributed by atoms with Crippen LogP contribution in [-0.2, 0) is 11.3 Å². The van der Waals surface area contributed by atoms with Gasteiger partial charge in [-0.2, -0.15) is 5.10 Å². The van der Waals surface area contributed by atoms with Crippen molar-refractivity contribution in [2.45, 2.75) is 46.1 Å². The molecule has 0 unspecified atom stereocenters. The van der Waals surface area contributed by atoms with Gasteiger partial charge in [0.25, 0.3) is 0 Å². The van der Waals surface area contributed by atoms with Gasteiger partial charge in [-0.05, 0) is 38.8 Å². The highest BCUT2D eigenvalue weighted by molar-refractivity contribution is 5.73. The van der Waals surface area contributed by atoms with E-state index in [9.17, 15) is 4.79 Å². The van der Waals surface area contributed by atoms with Crippen molar-refractivity contribution < 1.29 is 4.79 Å². The maximum Gasteiger partial charge on any atom is 0.219 e. The Balaban J connectivity index is 1.86. The Bertz CT molecular complexity index is 701. The van der Waals surface area contributed by atoms with Gasteiger partial charge in [0, 0.05) is 44.4 Å². The minimum Gasteiger partial charge on any atom is -0.343 e. The average Bonchev–Trinajstić information content (AvgIpc) is 3.03. The number of nitrogens with zero attached hydrogens (tertiary/aromatic N) is 5. The third-order valence-corrected chi connectivity index (χ3v) is 4.49. The first-order valence-corrected chi connectivity index (χ1v) is 8.21. The first kappa shape index (κ1) is 15.6. The highest BCUT2D eigenvalue weighted by Gasteiger charge is 2.24. The fraction of sp³-hybridized carbons (Fsp3) is 0.529. The lowest BCUT2D eigenvalue weighted by molar-refractivity contribution is -0.129. The second-order valence-corrected chi connectivity index (χ2v) is 6.04. The van der Waals surface area contributed by atoms with Crippen LogP contribution in [0.2, 0.25) is 0 Å². The molecular weight excluding hydrogens is 290 g/mol. The predicted octanol–water partition coefficient (Wildman–Crippen LogP) is 2.39. The van der Waals surface area contributed by atoms with Crippen molar-refractivity contribution >= 4 is 5.91 Å². The molecule has 1 fully saturated rings. The van der Waals surface area contributed by atoms with Gasteiger partial charge >= 0.3 is 0 Å². The van der Waals surface area contributed by atoms with Gasteiger partial charge in [-0.25, -0.2) is 9.97 Å². The summed E-state index contributed by atoms with van der Waals surface area (Å²) < 4.78 is 1.95. The van der Waals surface area contributed by atoms with E-state index >= 15 is 0 Å². The molecule has 2 aromatic heterocycles. The molecule has 122 valence electrons. The summed E-state index contributed by atoms with van der Waals surface area (Å²) >= 11 is 0. The zero-order valence-corrected chi connectivity index (χ0v) is 14.0. The molecule has 0 aliphatic carbocycles. The summed E-state index contributed by atoms with van der Waals surface area (Å²) in [5, 5.41) is 4.32. The van der Waals surface area contributed by atoms with E-state index in [-0.39, 0.29) is 5.91 Å². The second kappa shape index (κ2) is 6.48. The second-order valence-electron chi connectivity index (χ2n) is 6.04. The van der Waals surface area contributed by atoms with Crippen molar-refractivity contribution in [1.82, 2.24) is 24.6 Å². The van der Waals surface area contributed by atoms with Crippen molar-refractivity contribution in [2.75, 3.05) is 13.1 Å². The van der Waals surface area contributed by atoms with Crippen molar-refractivity contribution in [3.63, 3.8) is 0 Å². The Morgan fingerprint density at radius 2 is 2.04 bits per heavy atom. The zero-order valence-electron chi connectivity index (χ0n) is 14.0. The molecule has 1 saturated heterocycles. The molecule has 6 nitrogen and oxygen atoms in total. The van der Waals surface area contributed by atoms with E-state index < -0.39 is 0 Å². The number of amides is 1. The lowest BCUT2D eigenvalue weighted by atomic mass is 9.92. The van der Waals surface area contributed by atoms with Crippen molar-refractivity contribution in [3.05, 3.63) is 29.8 Å². The molecule has 2 aromatic rings. The first-order chi connectivity index (χ1) is 11.1. The highest BCUT2D eigenvalue weighted by Crippen LogP contribution is 2.29. The van der Waals surface area contributed by atoms with Crippen LogP contribution in [0.1, 0.15) is 44.1 Å². The van der Waals surface area contributed by atoms with E-state index in [2.05, 4.69) is 28.1 Å². The smallest absolute Gasteiger partial charge is 0.219 e. The predicted molar refractivity (Wildman–Crippen MR) is 87.9 cm³/mol. The number of likely N-dealkylation sites (tertiary alicyclic amines) is 1. The summed E-state index contributed by atoms with van der Waals surface area (Å²) in [7, 11) is 0. The minimum atomic E-state index is 0.162.